The standard InChI is InChI=1S/C25H35FN6O3.C25H35FN6O2.C24H32F4N6O2.C23H31FN6O3.CH4/c1-25(2,35)18-5-3-16(4-6-18)12-32(19-7-8-19)24-22(26)23(29-15-30-24)28-11-17-9-10-31(13-20(17)33)14-21(27)34;1-16-4-6-17(7-5-16)13-32(19-8-9-19)23-21(26)22(29-15-30-23)28-12-18-10-11-31(14-20(18)33)25(2,3)24(27)34;1-4-33(12-15-5-7-17(8-6-15)24(26,27)28)21-19(25)20(31-14-32-21)30-11-16-9-10-34(13-18(16)35)23(2,3)22(29)36;1-33-18-4-2-3-15(9-18)11-30(17-5-6-17)23-21(24)22(27-14-28-23)26-10-16-7-8-29(12-19(16)31)13-20(25)32;/h3-6,15,17,19-20,33,35H,7-14H2,1-2H3,(H2,27,34)(H,28,29,30);4-7,15,18-20,33H,8-14H2,1-3H3,(H2,27,34)(H,28,29,30);5-8,14,16,18,35H,4,9-13H2,1-3H3,(H2,29,36)(H,30,31,32);2-4,9,14,16-17,19,31H,5-8,10-13H2,1H3,(H2,25,32)(H,26,27,28);1H4. The quantitative estimate of drug-likeness (QED) is 0.0160. The third-order valence-corrected chi connectivity index (χ3v) is 26.9. The Bertz CT molecular complexity index is 5360. The van der Waals surface area contributed by atoms with Gasteiger partial charge in [-0.15, -0.1) is 0 Å². The Hall–Kier alpha value is -11.6. The van der Waals surface area contributed by atoms with Crippen LogP contribution in [0.1, 0.15) is 159 Å². The fourth-order valence-corrected chi connectivity index (χ4v) is 17.4. The second kappa shape index (κ2) is 48.1. The number of methoxy groups -OCH3 is 1. The molecule has 0 radical (unpaired) electrons. The number of nitrogens with zero attached hydrogens (tertiary/aromatic N) is 16. The molecule has 8 heterocycles. The maximum Gasteiger partial charge on any atom is 0.416 e. The number of alkyl halides is 3. The van der Waals surface area contributed by atoms with Crippen molar-refractivity contribution in [3.05, 3.63) is 185 Å². The molecule has 3 aliphatic carbocycles. The van der Waals surface area contributed by atoms with Crippen molar-refractivity contribution in [2.45, 2.75) is 219 Å². The van der Waals surface area contributed by atoms with Crippen LogP contribution in [0.2, 0.25) is 0 Å². The largest absolute Gasteiger partial charge is 0.497 e. The van der Waals surface area contributed by atoms with E-state index in [4.69, 9.17) is 27.7 Å². The fourth-order valence-electron chi connectivity index (χ4n) is 17.4. The molecule has 4 saturated heterocycles. The number of benzene rings is 4. The van der Waals surface area contributed by atoms with Crippen LogP contribution in [0, 0.1) is 53.9 Å². The van der Waals surface area contributed by atoms with E-state index in [-0.39, 0.29) is 123 Å². The number of aliphatic hydroxyl groups excluding tert-OH is 4. The van der Waals surface area contributed by atoms with Crippen LogP contribution in [-0.2, 0) is 57.1 Å². The van der Waals surface area contributed by atoms with E-state index in [1.165, 1.54) is 43.0 Å². The van der Waals surface area contributed by atoms with Crippen molar-refractivity contribution in [3.63, 3.8) is 0 Å². The third-order valence-electron chi connectivity index (χ3n) is 26.9. The highest BCUT2D eigenvalue weighted by Crippen LogP contribution is 2.41. The van der Waals surface area contributed by atoms with Gasteiger partial charge in [-0.05, 0) is 198 Å². The van der Waals surface area contributed by atoms with Crippen molar-refractivity contribution in [2.24, 2.45) is 46.6 Å². The number of piperidine rings is 4. The summed E-state index contributed by atoms with van der Waals surface area (Å²) in [4.78, 5) is 93.8. The van der Waals surface area contributed by atoms with E-state index < -0.39 is 99.7 Å². The summed E-state index contributed by atoms with van der Waals surface area (Å²) in [5.74, 6) is -2.37. The normalized spacial score (nSPS) is 20.5. The third kappa shape index (κ3) is 29.5. The molecule has 4 amide bonds. The fraction of sp³-hybridized carbons (Fsp3) is 0.551. The molecule has 139 heavy (non-hydrogen) atoms. The first-order valence-corrected chi connectivity index (χ1v) is 47.1. The molecule has 8 unspecified atom stereocenters. The molecule has 34 nitrogen and oxygen atoms in total. The lowest BCUT2D eigenvalue weighted by atomic mass is 9.89. The number of aromatic nitrogens is 8. The molecule has 7 aliphatic rings. The lowest BCUT2D eigenvalue weighted by Gasteiger charge is -2.43. The van der Waals surface area contributed by atoms with Gasteiger partial charge < -0.3 is 94.1 Å². The molecule has 4 aromatic heterocycles. The summed E-state index contributed by atoms with van der Waals surface area (Å²) in [5, 5.41) is 64.6. The molecule has 3 saturated carbocycles. The van der Waals surface area contributed by atoms with Gasteiger partial charge in [-0.3, -0.25) is 38.8 Å². The van der Waals surface area contributed by atoms with Gasteiger partial charge in [0.05, 0.1) is 66.9 Å². The highest BCUT2D eigenvalue weighted by atomic mass is 19.4. The van der Waals surface area contributed by atoms with Crippen LogP contribution < -0.4 is 68.5 Å². The number of likely N-dealkylation sites (tertiary alicyclic amines) is 4. The molecular weight excluding hydrogens is 1810 g/mol. The number of aryl methyl sites for hydroxylation is 1. The maximum absolute atomic E-state index is 15.5. The van der Waals surface area contributed by atoms with Gasteiger partial charge in [-0.2, -0.15) is 30.7 Å². The number of rotatable bonds is 38. The highest BCUT2D eigenvalue weighted by Gasteiger charge is 2.43. The molecule has 17 N–H and O–H groups in total. The average Bonchev–Trinajstić information content (AvgIpc) is 1.58. The average molecular weight is 1940 g/mol. The van der Waals surface area contributed by atoms with E-state index in [1.54, 1.807) is 60.5 Å². The summed E-state index contributed by atoms with van der Waals surface area (Å²) in [6.45, 7) is 21.8. The number of nitrogens with one attached hydrogen (secondary N) is 4. The predicted molar refractivity (Wildman–Crippen MR) is 518 cm³/mol. The minimum atomic E-state index is -4.43. The van der Waals surface area contributed by atoms with Crippen LogP contribution in [0.5, 0.6) is 5.75 Å². The lowest BCUT2D eigenvalue weighted by molar-refractivity contribution is -0.137. The molecule has 0 spiro atoms. The summed E-state index contributed by atoms with van der Waals surface area (Å²) in [6, 6.07) is 29.1. The molecule has 758 valence electrons. The van der Waals surface area contributed by atoms with E-state index in [0.717, 1.165) is 78.7 Å². The van der Waals surface area contributed by atoms with Crippen molar-refractivity contribution in [3.8, 4) is 5.75 Å². The first kappa shape index (κ1) is 108. The van der Waals surface area contributed by atoms with Gasteiger partial charge in [-0.1, -0.05) is 85.8 Å². The molecular formula is C98H137F7N24O10. The molecule has 4 aromatic carbocycles. The van der Waals surface area contributed by atoms with E-state index in [2.05, 4.69) is 85.4 Å². The number of amides is 4. The number of carbonyl (C=O) groups is 4. The van der Waals surface area contributed by atoms with E-state index in [0.29, 0.717) is 129 Å². The topological polar surface area (TPSA) is 460 Å². The Morgan fingerprint density at radius 3 is 1.08 bits per heavy atom. The van der Waals surface area contributed by atoms with Gasteiger partial charge >= 0.3 is 6.18 Å². The number of hydrogen-bond donors (Lipinski definition) is 13. The summed E-state index contributed by atoms with van der Waals surface area (Å²) >= 11 is 0. The Kier molecular flexibility index (Phi) is 37.3. The van der Waals surface area contributed by atoms with Crippen molar-refractivity contribution in [1.82, 2.24) is 59.5 Å². The van der Waals surface area contributed by atoms with E-state index in [1.807, 2.05) is 89.8 Å². The molecule has 0 bridgehead atoms. The number of ether oxygens (including phenoxy) is 1. The van der Waals surface area contributed by atoms with Crippen molar-refractivity contribution in [1.29, 1.82) is 0 Å². The molecule has 8 atom stereocenters. The monoisotopic (exact) mass is 1940 g/mol. The van der Waals surface area contributed by atoms with Crippen molar-refractivity contribution in [2.75, 3.05) is 146 Å². The molecule has 7 fully saturated rings. The molecule has 15 rings (SSSR count). The first-order chi connectivity index (χ1) is 65.6. The number of β-amino-alcohol motifs (C(OH)–C–C–N with tert-alkyl or cyclic N) is 4. The van der Waals surface area contributed by atoms with Crippen molar-refractivity contribution >= 4 is 70.2 Å². The van der Waals surface area contributed by atoms with Crippen LogP contribution in [0.25, 0.3) is 0 Å². The lowest BCUT2D eigenvalue weighted by Crippen LogP contribution is -2.59. The molecule has 41 heteroatoms. The van der Waals surface area contributed by atoms with Crippen LogP contribution >= 0.6 is 0 Å². The van der Waals surface area contributed by atoms with Gasteiger partial charge in [0.1, 0.15) is 31.1 Å². The van der Waals surface area contributed by atoms with Gasteiger partial charge in [-0.25, -0.2) is 39.9 Å². The van der Waals surface area contributed by atoms with Crippen LogP contribution in [0.3, 0.4) is 0 Å². The maximum atomic E-state index is 15.5. The van der Waals surface area contributed by atoms with Gasteiger partial charge in [0.25, 0.3) is 0 Å². The van der Waals surface area contributed by atoms with Gasteiger partial charge in [0.2, 0.25) is 46.9 Å². The summed E-state index contributed by atoms with van der Waals surface area (Å²) in [7, 11) is 1.62. The number of halogens is 7. The number of anilines is 8. The molecule has 8 aromatic rings. The molecule has 4 aliphatic heterocycles. The second-order valence-corrected chi connectivity index (χ2v) is 38.4. The van der Waals surface area contributed by atoms with Gasteiger partial charge in [0, 0.05) is 127 Å². The second-order valence-electron chi connectivity index (χ2n) is 38.4. The SMILES string of the molecule is C.CC(C)(O)c1ccc(CN(c2ncnc(NCC3CCN(CC(N)=O)CC3O)c2F)C2CC2)cc1.CCN(Cc1ccc(C(F)(F)F)cc1)c1ncnc(NCC2CCN(C(C)(C)C(N)=O)CC2O)c1F.COc1cccc(CN(c2ncnc(NCC3CCN(CC(N)=O)CC3O)c2F)C2CC2)c1.Cc1ccc(CN(c2ncnc(NCC3CCN(C(C)(C)C(N)=O)CC3O)c2F)C2CC2)cc1. The zero-order valence-electron chi connectivity index (χ0n) is 79.8. The Morgan fingerprint density at radius 1 is 0.439 bits per heavy atom. The minimum Gasteiger partial charge on any atom is -0.497 e. The first-order valence-electron chi connectivity index (χ1n) is 47.1. The number of primary amides is 4. The van der Waals surface area contributed by atoms with Gasteiger partial charge in [0.15, 0.2) is 46.5 Å². The Labute approximate surface area is 807 Å². The van der Waals surface area contributed by atoms with Crippen LogP contribution in [-0.4, -0.2) is 268 Å². The smallest absolute Gasteiger partial charge is 0.416 e. The zero-order chi connectivity index (χ0) is 99.7. The number of aliphatic hydroxyl groups is 5. The van der Waals surface area contributed by atoms with E-state index >= 15 is 17.6 Å². The zero-order valence-corrected chi connectivity index (χ0v) is 79.8. The Morgan fingerprint density at radius 2 is 0.763 bits per heavy atom. The van der Waals surface area contributed by atoms with Crippen LogP contribution in [0.15, 0.2) is 122 Å². The van der Waals surface area contributed by atoms with Crippen LogP contribution in [0.4, 0.5) is 77.3 Å². The number of carbonyl (C=O) groups excluding carboxylic acids is 4. The number of hydrogen-bond acceptors (Lipinski definition) is 30. The Balaban J connectivity index is 0.000000177. The predicted octanol–water partition coefficient (Wildman–Crippen LogP) is 9.07. The summed E-state index contributed by atoms with van der Waals surface area (Å²) < 4.78 is 106. The highest BCUT2D eigenvalue weighted by molar-refractivity contribution is 5.84. The minimum absolute atomic E-state index is 0. The summed E-state index contributed by atoms with van der Waals surface area (Å²) in [5.41, 5.74) is 23.8. The van der Waals surface area contributed by atoms with E-state index in [9.17, 15) is 57.9 Å². The summed E-state index contributed by atoms with van der Waals surface area (Å²) in [6.07, 6.45) is 6.76. The van der Waals surface area contributed by atoms with Crippen molar-refractivity contribution < 1.29 is 80.2 Å². The number of nitrogens with two attached hydrogens (primary N) is 4.